The third-order valence-corrected chi connectivity index (χ3v) is 4.09. The van der Waals surface area contributed by atoms with Crippen LogP contribution in [0.5, 0.6) is 5.75 Å². The van der Waals surface area contributed by atoms with Crippen molar-refractivity contribution >= 4 is 11.0 Å². The zero-order valence-corrected chi connectivity index (χ0v) is 12.2. The van der Waals surface area contributed by atoms with Crippen LogP contribution in [0.1, 0.15) is 31.6 Å². The van der Waals surface area contributed by atoms with Crippen LogP contribution in [-0.2, 0) is 4.74 Å². The second-order valence-corrected chi connectivity index (χ2v) is 5.44. The molecule has 4 nitrogen and oxygen atoms in total. The van der Waals surface area contributed by atoms with Gasteiger partial charge in [-0.05, 0) is 31.9 Å². The Hall–Kier alpha value is -1.52. The van der Waals surface area contributed by atoms with Crippen LogP contribution >= 0.6 is 0 Å². The molecule has 4 heteroatoms. The fourth-order valence-corrected chi connectivity index (χ4v) is 2.76. The highest BCUT2D eigenvalue weighted by atomic mass is 16.5. The van der Waals surface area contributed by atoms with E-state index in [0.717, 1.165) is 35.3 Å². The average Bonchev–Trinajstić information content (AvgIpc) is 2.85. The molecule has 1 aliphatic carbocycles. The highest BCUT2D eigenvalue weighted by Crippen LogP contribution is 2.32. The number of nitrogens with one attached hydrogen (secondary N) is 1. The van der Waals surface area contributed by atoms with E-state index in [1.54, 1.807) is 14.2 Å². The van der Waals surface area contributed by atoms with Crippen LogP contribution < -0.4 is 10.1 Å². The maximum Gasteiger partial charge on any atom is 0.176 e. The molecule has 0 bridgehead atoms. The summed E-state index contributed by atoms with van der Waals surface area (Å²) in [5, 5.41) is 4.66. The lowest BCUT2D eigenvalue weighted by Gasteiger charge is -2.36. The van der Waals surface area contributed by atoms with Gasteiger partial charge < -0.3 is 19.2 Å². The third kappa shape index (κ3) is 2.41. The predicted octanol–water partition coefficient (Wildman–Crippen LogP) is 3.27. The van der Waals surface area contributed by atoms with Crippen molar-refractivity contribution in [1.82, 2.24) is 5.32 Å². The first-order chi connectivity index (χ1) is 9.71. The second kappa shape index (κ2) is 5.46. The smallest absolute Gasteiger partial charge is 0.176 e. The Morgan fingerprint density at radius 3 is 2.80 bits per heavy atom. The summed E-state index contributed by atoms with van der Waals surface area (Å²) in [6, 6.07) is 8.74. The average molecular weight is 275 g/mol. The van der Waals surface area contributed by atoms with Crippen LogP contribution in [0.15, 0.2) is 28.7 Å². The summed E-state index contributed by atoms with van der Waals surface area (Å²) < 4.78 is 16.6. The van der Waals surface area contributed by atoms with Gasteiger partial charge in [0.1, 0.15) is 5.76 Å². The Balaban J connectivity index is 1.73. The molecule has 0 radical (unpaired) electrons. The summed E-state index contributed by atoms with van der Waals surface area (Å²) in [6.45, 7) is 2.13. The van der Waals surface area contributed by atoms with Gasteiger partial charge in [-0.1, -0.05) is 12.1 Å². The molecule has 0 spiro atoms. The van der Waals surface area contributed by atoms with E-state index in [1.807, 2.05) is 18.2 Å². The summed E-state index contributed by atoms with van der Waals surface area (Å²) in [5.41, 5.74) is 0.821. The van der Waals surface area contributed by atoms with Crippen LogP contribution in [0.2, 0.25) is 0 Å². The second-order valence-electron chi connectivity index (χ2n) is 5.44. The zero-order valence-electron chi connectivity index (χ0n) is 12.2. The van der Waals surface area contributed by atoms with E-state index in [-0.39, 0.29) is 6.04 Å². The molecular formula is C16H21NO3. The summed E-state index contributed by atoms with van der Waals surface area (Å²) in [4.78, 5) is 0. The highest BCUT2D eigenvalue weighted by molar-refractivity contribution is 5.83. The van der Waals surface area contributed by atoms with Crippen molar-refractivity contribution in [2.75, 3.05) is 14.2 Å². The normalized spacial score (nSPS) is 23.6. The number of fused-ring (bicyclic) bond motifs is 1. The quantitative estimate of drug-likeness (QED) is 0.909. The monoisotopic (exact) mass is 275 g/mol. The molecule has 1 heterocycles. The molecule has 1 atom stereocenters. The SMILES string of the molecule is COc1cccc2cc(C(C)NC3CC(OC)C3)oc12. The minimum atomic E-state index is 0.190. The Labute approximate surface area is 119 Å². The fraction of sp³-hybridized carbons (Fsp3) is 0.500. The van der Waals surface area contributed by atoms with Gasteiger partial charge in [-0.25, -0.2) is 0 Å². The molecule has 2 aromatic rings. The standard InChI is InChI=1S/C16H21NO3/c1-10(17-12-8-13(9-12)18-2)15-7-11-5-4-6-14(19-3)16(11)20-15/h4-7,10,12-13,17H,8-9H2,1-3H3. The first kappa shape index (κ1) is 13.5. The Kier molecular flexibility index (Phi) is 3.68. The van der Waals surface area contributed by atoms with E-state index in [0.29, 0.717) is 12.1 Å². The van der Waals surface area contributed by atoms with E-state index < -0.39 is 0 Å². The topological polar surface area (TPSA) is 43.6 Å². The van der Waals surface area contributed by atoms with Crippen molar-refractivity contribution in [1.29, 1.82) is 0 Å². The first-order valence-electron chi connectivity index (χ1n) is 7.06. The van der Waals surface area contributed by atoms with E-state index in [2.05, 4.69) is 18.3 Å². The number of furan rings is 1. The molecule has 1 aliphatic rings. The molecule has 1 unspecified atom stereocenters. The molecule has 1 fully saturated rings. The molecule has 3 rings (SSSR count). The molecule has 1 aromatic heterocycles. The van der Waals surface area contributed by atoms with Crippen molar-refractivity contribution in [3.63, 3.8) is 0 Å². The number of hydrogen-bond donors (Lipinski definition) is 1. The van der Waals surface area contributed by atoms with Gasteiger partial charge in [-0.2, -0.15) is 0 Å². The van der Waals surface area contributed by atoms with Crippen molar-refractivity contribution in [3.05, 3.63) is 30.0 Å². The Bertz CT molecular complexity index is 586. The number of rotatable bonds is 5. The van der Waals surface area contributed by atoms with E-state index in [1.165, 1.54) is 0 Å². The van der Waals surface area contributed by atoms with Crippen molar-refractivity contribution in [2.45, 2.75) is 38.0 Å². The molecule has 0 aliphatic heterocycles. The lowest BCUT2D eigenvalue weighted by Crippen LogP contribution is -2.45. The predicted molar refractivity (Wildman–Crippen MR) is 78.1 cm³/mol. The number of benzene rings is 1. The maximum atomic E-state index is 5.96. The molecule has 1 N–H and O–H groups in total. The molecule has 1 aromatic carbocycles. The lowest BCUT2D eigenvalue weighted by atomic mass is 9.88. The lowest BCUT2D eigenvalue weighted by molar-refractivity contribution is 0.0141. The number of hydrogen-bond acceptors (Lipinski definition) is 4. The summed E-state index contributed by atoms with van der Waals surface area (Å²) in [5.74, 6) is 1.73. The van der Waals surface area contributed by atoms with Gasteiger partial charge in [0, 0.05) is 18.5 Å². The van der Waals surface area contributed by atoms with Crippen molar-refractivity contribution in [3.8, 4) is 5.75 Å². The summed E-state index contributed by atoms with van der Waals surface area (Å²) in [6.07, 6.45) is 2.56. The molecular weight excluding hydrogens is 254 g/mol. The van der Waals surface area contributed by atoms with E-state index in [9.17, 15) is 0 Å². The van der Waals surface area contributed by atoms with Crippen LogP contribution in [0.25, 0.3) is 11.0 Å². The minimum absolute atomic E-state index is 0.190. The number of ether oxygens (including phenoxy) is 2. The van der Waals surface area contributed by atoms with Crippen LogP contribution in [0.4, 0.5) is 0 Å². The van der Waals surface area contributed by atoms with Crippen LogP contribution in [0.3, 0.4) is 0 Å². The molecule has 0 saturated heterocycles. The van der Waals surface area contributed by atoms with Crippen LogP contribution in [-0.4, -0.2) is 26.4 Å². The van der Waals surface area contributed by atoms with E-state index in [4.69, 9.17) is 13.9 Å². The molecule has 108 valence electrons. The third-order valence-electron chi connectivity index (χ3n) is 4.09. The largest absolute Gasteiger partial charge is 0.493 e. The van der Waals surface area contributed by atoms with Gasteiger partial charge in [0.15, 0.2) is 11.3 Å². The molecule has 1 saturated carbocycles. The Morgan fingerprint density at radius 1 is 1.30 bits per heavy atom. The number of methoxy groups -OCH3 is 2. The van der Waals surface area contributed by atoms with Gasteiger partial charge in [-0.15, -0.1) is 0 Å². The fourth-order valence-electron chi connectivity index (χ4n) is 2.76. The maximum absolute atomic E-state index is 5.96. The molecule has 20 heavy (non-hydrogen) atoms. The van der Waals surface area contributed by atoms with Gasteiger partial charge in [0.05, 0.1) is 19.3 Å². The van der Waals surface area contributed by atoms with Gasteiger partial charge in [0.2, 0.25) is 0 Å². The van der Waals surface area contributed by atoms with Gasteiger partial charge in [0.25, 0.3) is 0 Å². The van der Waals surface area contributed by atoms with Crippen molar-refractivity contribution < 1.29 is 13.9 Å². The zero-order chi connectivity index (χ0) is 14.1. The van der Waals surface area contributed by atoms with Crippen molar-refractivity contribution in [2.24, 2.45) is 0 Å². The summed E-state index contributed by atoms with van der Waals surface area (Å²) in [7, 11) is 3.44. The number of para-hydroxylation sites is 1. The van der Waals surface area contributed by atoms with Gasteiger partial charge >= 0.3 is 0 Å². The highest BCUT2D eigenvalue weighted by Gasteiger charge is 2.30. The summed E-state index contributed by atoms with van der Waals surface area (Å²) >= 11 is 0. The van der Waals surface area contributed by atoms with Crippen LogP contribution in [0, 0.1) is 0 Å². The molecule has 0 amide bonds. The first-order valence-corrected chi connectivity index (χ1v) is 7.06. The Morgan fingerprint density at radius 2 is 2.10 bits per heavy atom. The van der Waals surface area contributed by atoms with E-state index >= 15 is 0 Å². The van der Waals surface area contributed by atoms with Gasteiger partial charge in [-0.3, -0.25) is 0 Å². The minimum Gasteiger partial charge on any atom is -0.493 e.